The number of ether oxygens (including phenoxy) is 2. The number of pyridine rings is 1. The van der Waals surface area contributed by atoms with Crippen LogP contribution in [-0.4, -0.2) is 22.3 Å². The van der Waals surface area contributed by atoms with Crippen molar-refractivity contribution in [2.45, 2.75) is 6.18 Å². The first kappa shape index (κ1) is 26.0. The monoisotopic (exact) mass is 556 g/mol. The molecule has 0 saturated carbocycles. The molecule has 0 spiro atoms. The van der Waals surface area contributed by atoms with Crippen molar-refractivity contribution in [1.29, 1.82) is 0 Å². The van der Waals surface area contributed by atoms with Gasteiger partial charge in [0, 0.05) is 33.5 Å². The summed E-state index contributed by atoms with van der Waals surface area (Å²) in [5, 5.41) is 13.8. The van der Waals surface area contributed by atoms with E-state index in [4.69, 9.17) is 9.47 Å². The molecule has 41 heavy (non-hydrogen) atoms. The molecule has 0 aliphatic carbocycles. The Morgan fingerprint density at radius 3 is 2.17 bits per heavy atom. The molecule has 0 amide bonds. The molecule has 0 saturated heterocycles. The largest absolute Gasteiger partial charge is 0.497 e. The van der Waals surface area contributed by atoms with Crippen LogP contribution in [0.1, 0.15) is 5.56 Å². The van der Waals surface area contributed by atoms with Gasteiger partial charge in [-0.15, -0.1) is 10.2 Å². The van der Waals surface area contributed by atoms with Gasteiger partial charge in [0.15, 0.2) is 17.4 Å². The van der Waals surface area contributed by atoms with Gasteiger partial charge in [-0.1, -0.05) is 36.4 Å². The summed E-state index contributed by atoms with van der Waals surface area (Å²) in [5.41, 5.74) is 1.45. The second-order valence-corrected chi connectivity index (χ2v) is 9.09. The molecule has 2 aromatic heterocycles. The first-order chi connectivity index (χ1) is 19.8. The van der Waals surface area contributed by atoms with Crippen LogP contribution in [0.5, 0.6) is 17.2 Å². The smallest absolute Gasteiger partial charge is 0.416 e. The lowest BCUT2D eigenvalue weighted by molar-refractivity contribution is -0.137. The average molecular weight is 557 g/mol. The number of aromatic nitrogens is 3. The Morgan fingerprint density at radius 1 is 0.756 bits per heavy atom. The summed E-state index contributed by atoms with van der Waals surface area (Å²) in [6.45, 7) is 0. The number of rotatable bonds is 6. The predicted octanol–water partition coefficient (Wildman–Crippen LogP) is 8.55. The fourth-order valence-corrected chi connectivity index (χ4v) is 4.44. The van der Waals surface area contributed by atoms with E-state index in [1.807, 2.05) is 24.3 Å². The van der Waals surface area contributed by atoms with Crippen LogP contribution in [0, 0.1) is 5.82 Å². The fourth-order valence-electron chi connectivity index (χ4n) is 4.44. The lowest BCUT2D eigenvalue weighted by Crippen LogP contribution is -2.04. The Labute approximate surface area is 231 Å². The molecule has 0 atom stereocenters. The third-order valence-corrected chi connectivity index (χ3v) is 6.49. The lowest BCUT2D eigenvalue weighted by Gasteiger charge is -2.13. The van der Waals surface area contributed by atoms with Crippen molar-refractivity contribution in [3.63, 3.8) is 0 Å². The minimum atomic E-state index is -4.42. The number of benzene rings is 4. The van der Waals surface area contributed by atoms with Gasteiger partial charge >= 0.3 is 6.18 Å². The van der Waals surface area contributed by atoms with Crippen LogP contribution in [0.4, 0.5) is 29.1 Å². The van der Waals surface area contributed by atoms with Crippen LogP contribution in [0.2, 0.25) is 0 Å². The maximum Gasteiger partial charge on any atom is 0.416 e. The van der Waals surface area contributed by atoms with Crippen molar-refractivity contribution < 1.29 is 27.0 Å². The SMILES string of the molecule is COc1ccc2c(Oc3ccc(Nc4nnc(-c5ccc(C(F)(F)F)cc5)c5ccccc45)cc3)c(F)cnc2c1. The predicted molar refractivity (Wildman–Crippen MR) is 148 cm³/mol. The number of alkyl halides is 3. The average Bonchev–Trinajstić information content (AvgIpc) is 2.99. The molecular formula is C31H20F4N4O2. The van der Waals surface area contributed by atoms with E-state index >= 15 is 0 Å². The van der Waals surface area contributed by atoms with Crippen molar-refractivity contribution in [2.24, 2.45) is 0 Å². The van der Waals surface area contributed by atoms with E-state index in [9.17, 15) is 17.6 Å². The summed E-state index contributed by atoms with van der Waals surface area (Å²) in [7, 11) is 1.54. The fraction of sp³-hybridized carbons (Fsp3) is 0.0645. The zero-order chi connectivity index (χ0) is 28.6. The molecule has 6 nitrogen and oxygen atoms in total. The van der Waals surface area contributed by atoms with E-state index < -0.39 is 17.6 Å². The Balaban J connectivity index is 1.26. The van der Waals surface area contributed by atoms with Crippen LogP contribution in [0.25, 0.3) is 32.9 Å². The number of anilines is 2. The lowest BCUT2D eigenvalue weighted by atomic mass is 10.0. The topological polar surface area (TPSA) is 69.2 Å². The Kier molecular flexibility index (Phi) is 6.58. The highest BCUT2D eigenvalue weighted by Gasteiger charge is 2.30. The summed E-state index contributed by atoms with van der Waals surface area (Å²) in [6, 6.07) is 24.1. The van der Waals surface area contributed by atoms with E-state index in [0.717, 1.165) is 29.1 Å². The zero-order valence-electron chi connectivity index (χ0n) is 21.4. The van der Waals surface area contributed by atoms with Crippen molar-refractivity contribution in [3.8, 4) is 28.5 Å². The second-order valence-electron chi connectivity index (χ2n) is 9.09. The Bertz CT molecular complexity index is 1880. The van der Waals surface area contributed by atoms with Gasteiger partial charge in [-0.05, 0) is 48.5 Å². The highest BCUT2D eigenvalue weighted by atomic mass is 19.4. The van der Waals surface area contributed by atoms with Gasteiger partial charge in [0.2, 0.25) is 0 Å². The summed E-state index contributed by atoms with van der Waals surface area (Å²) in [4.78, 5) is 4.11. The number of hydrogen-bond donors (Lipinski definition) is 1. The third kappa shape index (κ3) is 5.19. The van der Waals surface area contributed by atoms with Gasteiger partial charge in [-0.2, -0.15) is 13.2 Å². The molecule has 0 fully saturated rings. The molecule has 4 aromatic carbocycles. The molecule has 1 N–H and O–H groups in total. The standard InChI is InChI=1S/C31H20F4N4O2/c1-40-22-14-15-25-27(16-22)36-17-26(32)29(25)41-21-12-10-20(11-13-21)37-30-24-5-3-2-4-23(24)28(38-39-30)18-6-8-19(9-7-18)31(33,34)35/h2-17H,1H3,(H,37,39). The molecule has 204 valence electrons. The van der Waals surface area contributed by atoms with Crippen molar-refractivity contribution in [3.05, 3.63) is 109 Å². The summed E-state index contributed by atoms with van der Waals surface area (Å²) < 4.78 is 64.8. The Hall–Kier alpha value is -5.25. The third-order valence-electron chi connectivity index (χ3n) is 6.49. The molecular weight excluding hydrogens is 536 g/mol. The van der Waals surface area contributed by atoms with Gasteiger partial charge in [-0.25, -0.2) is 4.39 Å². The van der Waals surface area contributed by atoms with Crippen LogP contribution >= 0.6 is 0 Å². The normalized spacial score (nSPS) is 11.5. The highest BCUT2D eigenvalue weighted by Crippen LogP contribution is 2.36. The van der Waals surface area contributed by atoms with Crippen molar-refractivity contribution >= 4 is 33.2 Å². The van der Waals surface area contributed by atoms with Crippen LogP contribution < -0.4 is 14.8 Å². The van der Waals surface area contributed by atoms with Crippen molar-refractivity contribution in [2.75, 3.05) is 12.4 Å². The maximum atomic E-state index is 14.6. The minimum absolute atomic E-state index is 0.0501. The quantitative estimate of drug-likeness (QED) is 0.207. The van der Waals surface area contributed by atoms with Gasteiger partial charge in [0.25, 0.3) is 0 Å². The first-order valence-electron chi connectivity index (χ1n) is 12.4. The molecule has 0 aliphatic heterocycles. The van der Waals surface area contributed by atoms with Crippen LogP contribution in [0.3, 0.4) is 0 Å². The molecule has 10 heteroatoms. The summed E-state index contributed by atoms with van der Waals surface area (Å²) in [5.74, 6) is 0.922. The van der Waals surface area contributed by atoms with Crippen LogP contribution in [-0.2, 0) is 6.18 Å². The maximum absolute atomic E-state index is 14.6. The number of halogens is 4. The van der Waals surface area contributed by atoms with E-state index in [1.54, 1.807) is 49.6 Å². The summed E-state index contributed by atoms with van der Waals surface area (Å²) in [6.07, 6.45) is -3.32. The highest BCUT2D eigenvalue weighted by molar-refractivity contribution is 6.00. The van der Waals surface area contributed by atoms with Gasteiger partial charge in [0.1, 0.15) is 17.2 Å². The van der Waals surface area contributed by atoms with Crippen molar-refractivity contribution in [1.82, 2.24) is 15.2 Å². The number of fused-ring (bicyclic) bond motifs is 2. The zero-order valence-corrected chi connectivity index (χ0v) is 21.4. The Morgan fingerprint density at radius 2 is 1.46 bits per heavy atom. The molecule has 0 unspecified atom stereocenters. The van der Waals surface area contributed by atoms with Gasteiger partial charge < -0.3 is 14.8 Å². The molecule has 0 bridgehead atoms. The van der Waals surface area contributed by atoms with E-state index in [1.165, 1.54) is 12.1 Å². The number of hydrogen-bond acceptors (Lipinski definition) is 6. The van der Waals surface area contributed by atoms with Crippen LogP contribution in [0.15, 0.2) is 97.2 Å². The molecule has 6 rings (SSSR count). The number of nitrogens with one attached hydrogen (secondary N) is 1. The summed E-state index contributed by atoms with van der Waals surface area (Å²) >= 11 is 0. The first-order valence-corrected chi connectivity index (χ1v) is 12.4. The van der Waals surface area contributed by atoms with Gasteiger partial charge in [0.05, 0.1) is 24.4 Å². The van der Waals surface area contributed by atoms with E-state index in [-0.39, 0.29) is 5.75 Å². The van der Waals surface area contributed by atoms with E-state index in [2.05, 4.69) is 20.5 Å². The van der Waals surface area contributed by atoms with E-state index in [0.29, 0.717) is 45.2 Å². The minimum Gasteiger partial charge on any atom is -0.497 e. The molecule has 2 heterocycles. The molecule has 6 aromatic rings. The molecule has 0 aliphatic rings. The number of nitrogens with zero attached hydrogens (tertiary/aromatic N) is 3. The number of methoxy groups -OCH3 is 1. The second kappa shape index (κ2) is 10.4. The molecule has 0 radical (unpaired) electrons. The van der Waals surface area contributed by atoms with Gasteiger partial charge in [-0.3, -0.25) is 4.98 Å².